The number of nitrogens with one attached hydrogen (secondary N) is 1. The second-order valence-electron chi connectivity index (χ2n) is 5.77. The Morgan fingerprint density at radius 1 is 1.26 bits per heavy atom. The zero-order valence-corrected chi connectivity index (χ0v) is 17.7. The molecule has 0 bridgehead atoms. The van der Waals surface area contributed by atoms with Gasteiger partial charge in [-0.05, 0) is 30.3 Å². The molecule has 0 aliphatic rings. The predicted molar refractivity (Wildman–Crippen MR) is 104 cm³/mol. The Balaban J connectivity index is 2.20. The van der Waals surface area contributed by atoms with E-state index in [1.165, 1.54) is 12.3 Å². The van der Waals surface area contributed by atoms with Gasteiger partial charge in [0.1, 0.15) is 0 Å². The number of carbonyl (C=O) groups excluding carboxylic acids is 1. The zero-order valence-electron chi connectivity index (χ0n) is 15.3. The molecule has 0 saturated heterocycles. The molecule has 0 radical (unpaired) electrons. The van der Waals surface area contributed by atoms with Gasteiger partial charge in [0.2, 0.25) is 0 Å². The third-order valence-electron chi connectivity index (χ3n) is 3.64. The van der Waals surface area contributed by atoms with Crippen LogP contribution in [0.3, 0.4) is 0 Å². The van der Waals surface area contributed by atoms with Gasteiger partial charge in [-0.3, -0.25) is 19.1 Å². The van der Waals surface area contributed by atoms with Crippen molar-refractivity contribution >= 4 is 49.5 Å². The fourth-order valence-corrected chi connectivity index (χ4v) is 3.66. The lowest BCUT2D eigenvalue weighted by Gasteiger charge is -2.12. The van der Waals surface area contributed by atoms with Crippen molar-refractivity contribution in [3.8, 4) is 5.75 Å². The zero-order chi connectivity index (χ0) is 23.6. The monoisotopic (exact) mass is 500 g/mol. The van der Waals surface area contributed by atoms with Gasteiger partial charge in [-0.15, -0.1) is 0 Å². The van der Waals surface area contributed by atoms with Crippen molar-refractivity contribution in [1.29, 1.82) is 0 Å². The summed E-state index contributed by atoms with van der Waals surface area (Å²) in [5.74, 6) is -1.31. The molecular weight excluding hydrogens is 489 g/mol. The number of halogens is 4. The van der Waals surface area contributed by atoms with Gasteiger partial charge >= 0.3 is 11.2 Å². The van der Waals surface area contributed by atoms with Crippen molar-refractivity contribution in [3.05, 3.63) is 51.5 Å². The number of alkyl halides is 3. The first kappa shape index (κ1) is 24.6. The maximum atomic E-state index is 12.7. The van der Waals surface area contributed by atoms with Crippen molar-refractivity contribution < 1.29 is 40.3 Å². The van der Waals surface area contributed by atoms with E-state index >= 15 is 0 Å². The molecule has 168 valence electrons. The number of hydrogen-bond acceptors (Lipinski definition) is 7. The Hall–Kier alpha value is -2.71. The van der Waals surface area contributed by atoms with Crippen molar-refractivity contribution in [1.82, 2.24) is 0 Å². The lowest BCUT2D eigenvalue weighted by Crippen LogP contribution is -2.24. The van der Waals surface area contributed by atoms with E-state index in [9.17, 15) is 40.7 Å². The first-order valence-electron chi connectivity index (χ1n) is 7.89. The van der Waals surface area contributed by atoms with Crippen LogP contribution in [0, 0.1) is 10.1 Å². The van der Waals surface area contributed by atoms with Gasteiger partial charge in [0, 0.05) is 17.2 Å². The Morgan fingerprint density at radius 2 is 1.90 bits per heavy atom. The van der Waals surface area contributed by atoms with Crippen LogP contribution in [0.25, 0.3) is 0 Å². The highest BCUT2D eigenvalue weighted by atomic mass is 35.5. The maximum Gasteiger partial charge on any atom is 0.501 e. The summed E-state index contributed by atoms with van der Waals surface area (Å²) in [6.45, 7) is -0.817. The standard InChI is InChI=1S/C16H12ClF3N2O7S2/c1-30(26)9-2-5-14(13(6-9)22(24)25)29-8-15(23)21-12-7-10(3-4-11(12)17)31(27,28)16(18,19)20/h2-7H,8H2,1H3,(H,21,23). The molecule has 0 aromatic heterocycles. The van der Waals surface area contributed by atoms with Gasteiger partial charge < -0.3 is 10.1 Å². The van der Waals surface area contributed by atoms with Gasteiger partial charge in [-0.25, -0.2) is 8.42 Å². The summed E-state index contributed by atoms with van der Waals surface area (Å²) in [7, 11) is -7.18. The Morgan fingerprint density at radius 3 is 2.45 bits per heavy atom. The first-order valence-corrected chi connectivity index (χ1v) is 11.3. The summed E-state index contributed by atoms with van der Waals surface area (Å²) >= 11 is 5.79. The SMILES string of the molecule is CS(=O)c1ccc(OCC(=O)Nc2cc(S(=O)(=O)C(F)(F)F)ccc2Cl)c([N+](=O)[O-])c1. The van der Waals surface area contributed by atoms with Gasteiger partial charge in [-0.2, -0.15) is 13.2 Å². The van der Waals surface area contributed by atoms with E-state index in [0.717, 1.165) is 18.2 Å². The van der Waals surface area contributed by atoms with Crippen molar-refractivity contribution in [2.45, 2.75) is 15.3 Å². The lowest BCUT2D eigenvalue weighted by molar-refractivity contribution is -0.386. The summed E-state index contributed by atoms with van der Waals surface area (Å²) in [5, 5.41) is 13.0. The molecular formula is C16H12ClF3N2O7S2. The fourth-order valence-electron chi connectivity index (χ4n) is 2.17. The first-order chi connectivity index (χ1) is 14.2. The molecule has 0 heterocycles. The second-order valence-corrected chi connectivity index (χ2v) is 9.50. The predicted octanol–water partition coefficient (Wildman–Crippen LogP) is 3.30. The van der Waals surface area contributed by atoms with E-state index in [1.807, 2.05) is 0 Å². The average molecular weight is 501 g/mol. The van der Waals surface area contributed by atoms with Gasteiger partial charge in [0.25, 0.3) is 15.7 Å². The molecule has 1 N–H and O–H groups in total. The van der Waals surface area contributed by atoms with Crippen LogP contribution < -0.4 is 10.1 Å². The summed E-state index contributed by atoms with van der Waals surface area (Å²) in [4.78, 5) is 21.4. The highest BCUT2D eigenvalue weighted by molar-refractivity contribution is 7.92. The number of carbonyl (C=O) groups is 1. The number of nitrogens with zero attached hydrogens (tertiary/aromatic N) is 1. The Kier molecular flexibility index (Phi) is 7.28. The van der Waals surface area contributed by atoms with Gasteiger partial charge in [-0.1, -0.05) is 11.6 Å². The summed E-state index contributed by atoms with van der Waals surface area (Å²) in [5.41, 5.74) is -6.55. The second kappa shape index (κ2) is 9.20. The quantitative estimate of drug-likeness (QED) is 0.455. The largest absolute Gasteiger partial charge is 0.501 e. The minimum absolute atomic E-state index is 0.151. The molecule has 0 fully saturated rings. The average Bonchev–Trinajstić information content (AvgIpc) is 2.66. The van der Waals surface area contributed by atoms with E-state index in [2.05, 4.69) is 5.32 Å². The van der Waals surface area contributed by atoms with E-state index in [-0.39, 0.29) is 15.7 Å². The number of amides is 1. The molecule has 0 aliphatic heterocycles. The minimum Gasteiger partial charge on any atom is -0.477 e. The van der Waals surface area contributed by atoms with E-state index in [1.54, 1.807) is 0 Å². The van der Waals surface area contributed by atoms with E-state index < -0.39 is 59.9 Å². The van der Waals surface area contributed by atoms with E-state index in [4.69, 9.17) is 16.3 Å². The van der Waals surface area contributed by atoms with Gasteiger partial charge in [0.05, 0.1) is 31.3 Å². The number of hydrogen-bond donors (Lipinski definition) is 1. The highest BCUT2D eigenvalue weighted by Crippen LogP contribution is 2.34. The fraction of sp³-hybridized carbons (Fsp3) is 0.188. The summed E-state index contributed by atoms with van der Waals surface area (Å²) in [6.07, 6.45) is 1.31. The van der Waals surface area contributed by atoms with Crippen LogP contribution in [0.15, 0.2) is 46.2 Å². The molecule has 0 spiro atoms. The number of benzene rings is 2. The Labute approximate surface area is 180 Å². The van der Waals surface area contributed by atoms with Crippen LogP contribution in [0.1, 0.15) is 0 Å². The molecule has 15 heteroatoms. The molecule has 1 unspecified atom stereocenters. The number of rotatable bonds is 7. The molecule has 2 aromatic carbocycles. The molecule has 31 heavy (non-hydrogen) atoms. The summed E-state index contributed by atoms with van der Waals surface area (Å²) in [6, 6.07) is 5.43. The number of nitro benzene ring substituents is 1. The third-order valence-corrected chi connectivity index (χ3v) is 6.38. The van der Waals surface area contributed by atoms with Crippen molar-refractivity contribution in [2.75, 3.05) is 18.2 Å². The van der Waals surface area contributed by atoms with Crippen LogP contribution in [-0.4, -0.2) is 41.8 Å². The number of nitro groups is 1. The maximum absolute atomic E-state index is 12.7. The normalized spacial score (nSPS) is 12.8. The molecule has 2 aromatic rings. The minimum atomic E-state index is -5.67. The highest BCUT2D eigenvalue weighted by Gasteiger charge is 2.47. The van der Waals surface area contributed by atoms with Crippen LogP contribution in [0.4, 0.5) is 24.5 Å². The number of ether oxygens (including phenoxy) is 1. The molecule has 0 aliphatic carbocycles. The number of sulfone groups is 1. The van der Waals surface area contributed by atoms with Crippen LogP contribution in [0.5, 0.6) is 5.75 Å². The third kappa shape index (κ3) is 5.71. The van der Waals surface area contributed by atoms with Crippen molar-refractivity contribution in [2.24, 2.45) is 0 Å². The number of anilines is 1. The topological polar surface area (TPSA) is 133 Å². The van der Waals surface area contributed by atoms with Crippen molar-refractivity contribution in [3.63, 3.8) is 0 Å². The van der Waals surface area contributed by atoms with Crippen LogP contribution in [0.2, 0.25) is 5.02 Å². The van der Waals surface area contributed by atoms with Crippen LogP contribution in [-0.2, 0) is 25.4 Å². The molecule has 9 nitrogen and oxygen atoms in total. The van der Waals surface area contributed by atoms with Crippen LogP contribution >= 0.6 is 11.6 Å². The smallest absolute Gasteiger partial charge is 0.477 e. The van der Waals surface area contributed by atoms with E-state index in [0.29, 0.717) is 12.1 Å². The van der Waals surface area contributed by atoms with Gasteiger partial charge in [0.15, 0.2) is 12.4 Å². The lowest BCUT2D eigenvalue weighted by atomic mass is 10.3. The molecule has 2 rings (SSSR count). The molecule has 0 saturated carbocycles. The summed E-state index contributed by atoms with van der Waals surface area (Å²) < 4.78 is 77.6. The molecule has 1 atom stereocenters. The Bertz CT molecular complexity index is 1170. The molecule has 1 amide bonds.